The molecule has 0 unspecified atom stereocenters. The smallest absolute Gasteiger partial charge is 0.317 e. The van der Waals surface area contributed by atoms with E-state index in [0.717, 1.165) is 52.4 Å². The summed E-state index contributed by atoms with van der Waals surface area (Å²) in [5, 5.41) is 3.94. The number of amides is 2. The second-order valence-corrected chi connectivity index (χ2v) is 7.42. The summed E-state index contributed by atoms with van der Waals surface area (Å²) in [7, 11) is 3.31. The van der Waals surface area contributed by atoms with Crippen LogP contribution in [0.1, 0.15) is 6.92 Å². The lowest BCUT2D eigenvalue weighted by Crippen LogP contribution is -2.52. The van der Waals surface area contributed by atoms with Crippen molar-refractivity contribution in [1.82, 2.24) is 15.2 Å². The van der Waals surface area contributed by atoms with Gasteiger partial charge in [-0.05, 0) is 31.2 Å². The molecule has 1 fully saturated rings. The third kappa shape index (κ3) is 4.21. The highest BCUT2D eigenvalue weighted by molar-refractivity contribution is 5.96. The number of rotatable bonds is 5. The number of aromatic nitrogens is 1. The molecule has 0 spiro atoms. The Labute approximate surface area is 182 Å². The maximum Gasteiger partial charge on any atom is 0.317 e. The van der Waals surface area contributed by atoms with Crippen molar-refractivity contribution in [3.8, 4) is 22.6 Å². The lowest BCUT2D eigenvalue weighted by Gasteiger charge is -2.35. The second-order valence-electron chi connectivity index (χ2n) is 7.42. The van der Waals surface area contributed by atoms with Gasteiger partial charge in [0.15, 0.2) is 0 Å². The first-order chi connectivity index (χ1) is 15.1. The molecule has 0 saturated carbocycles. The van der Waals surface area contributed by atoms with Crippen molar-refractivity contribution in [1.29, 1.82) is 0 Å². The third-order valence-corrected chi connectivity index (χ3v) is 5.62. The minimum absolute atomic E-state index is 0.00232. The molecule has 1 N–H and O–H groups in total. The van der Waals surface area contributed by atoms with E-state index >= 15 is 0 Å². The summed E-state index contributed by atoms with van der Waals surface area (Å²) >= 11 is 0. The standard InChI is InChI=1S/C24H28N4O3/c1-4-25-24(29)28-14-12-27(13-15-28)22-11-8-17-6-5-7-20(23(17)26-22)19-10-9-18(30-2)16-21(19)31-3/h5-11,16H,4,12-15H2,1-3H3,(H,25,29). The summed E-state index contributed by atoms with van der Waals surface area (Å²) in [4.78, 5) is 21.2. The van der Waals surface area contributed by atoms with Gasteiger partial charge in [-0.2, -0.15) is 0 Å². The first kappa shape index (κ1) is 20.8. The third-order valence-electron chi connectivity index (χ3n) is 5.62. The zero-order valence-corrected chi connectivity index (χ0v) is 18.2. The quantitative estimate of drug-likeness (QED) is 0.681. The van der Waals surface area contributed by atoms with Gasteiger partial charge in [-0.25, -0.2) is 9.78 Å². The van der Waals surface area contributed by atoms with Crippen molar-refractivity contribution in [3.63, 3.8) is 0 Å². The Kier molecular flexibility index (Phi) is 6.11. The van der Waals surface area contributed by atoms with Gasteiger partial charge in [-0.15, -0.1) is 0 Å². The van der Waals surface area contributed by atoms with Crippen molar-refractivity contribution in [3.05, 3.63) is 48.5 Å². The van der Waals surface area contributed by atoms with Crippen molar-refractivity contribution >= 4 is 22.8 Å². The maximum absolute atomic E-state index is 12.1. The number of piperazine rings is 1. The van der Waals surface area contributed by atoms with Gasteiger partial charge in [0, 0.05) is 55.3 Å². The van der Waals surface area contributed by atoms with Crippen LogP contribution in [0.25, 0.3) is 22.0 Å². The molecule has 4 rings (SSSR count). The minimum Gasteiger partial charge on any atom is -0.497 e. The minimum atomic E-state index is 0.00232. The molecule has 2 heterocycles. The van der Waals surface area contributed by atoms with Crippen LogP contribution in [0.2, 0.25) is 0 Å². The van der Waals surface area contributed by atoms with E-state index in [9.17, 15) is 4.79 Å². The number of para-hydroxylation sites is 1. The monoisotopic (exact) mass is 420 g/mol. The van der Waals surface area contributed by atoms with E-state index in [1.54, 1.807) is 14.2 Å². The molecular formula is C24H28N4O3. The molecule has 0 bridgehead atoms. The number of nitrogens with one attached hydrogen (secondary N) is 1. The highest BCUT2D eigenvalue weighted by atomic mass is 16.5. The SMILES string of the molecule is CCNC(=O)N1CCN(c2ccc3cccc(-c4ccc(OC)cc4OC)c3n2)CC1. The molecule has 0 radical (unpaired) electrons. The highest BCUT2D eigenvalue weighted by Crippen LogP contribution is 2.37. The number of hydrogen-bond acceptors (Lipinski definition) is 5. The van der Waals surface area contributed by atoms with Crippen molar-refractivity contribution < 1.29 is 14.3 Å². The average Bonchev–Trinajstić information content (AvgIpc) is 2.83. The highest BCUT2D eigenvalue weighted by Gasteiger charge is 2.22. The second kappa shape index (κ2) is 9.12. The van der Waals surface area contributed by atoms with E-state index in [0.29, 0.717) is 19.6 Å². The Bertz CT molecular complexity index is 1080. The van der Waals surface area contributed by atoms with Crippen LogP contribution in [0.5, 0.6) is 11.5 Å². The Morgan fingerprint density at radius 1 is 1.00 bits per heavy atom. The van der Waals surface area contributed by atoms with Crippen LogP contribution in [-0.4, -0.2) is 62.9 Å². The predicted octanol–water partition coefficient (Wildman–Crippen LogP) is 3.77. The van der Waals surface area contributed by atoms with E-state index in [1.807, 2.05) is 36.1 Å². The van der Waals surface area contributed by atoms with Gasteiger partial charge in [0.1, 0.15) is 17.3 Å². The largest absolute Gasteiger partial charge is 0.497 e. The fourth-order valence-corrected chi connectivity index (χ4v) is 3.95. The van der Waals surface area contributed by atoms with Gasteiger partial charge in [-0.3, -0.25) is 0 Å². The number of nitrogens with zero attached hydrogens (tertiary/aromatic N) is 3. The van der Waals surface area contributed by atoms with Crippen molar-refractivity contribution in [2.24, 2.45) is 0 Å². The number of hydrogen-bond donors (Lipinski definition) is 1. The molecule has 1 aliphatic rings. The summed E-state index contributed by atoms with van der Waals surface area (Å²) < 4.78 is 11.0. The van der Waals surface area contributed by atoms with Gasteiger partial charge >= 0.3 is 6.03 Å². The molecule has 1 aliphatic heterocycles. The van der Waals surface area contributed by atoms with Crippen molar-refractivity contribution in [2.75, 3.05) is 51.8 Å². The van der Waals surface area contributed by atoms with Crippen LogP contribution in [0, 0.1) is 0 Å². The van der Waals surface area contributed by atoms with Crippen LogP contribution >= 0.6 is 0 Å². The number of anilines is 1. The van der Waals surface area contributed by atoms with Gasteiger partial charge in [0.2, 0.25) is 0 Å². The Morgan fingerprint density at radius 2 is 1.81 bits per heavy atom. The van der Waals surface area contributed by atoms with Crippen molar-refractivity contribution in [2.45, 2.75) is 6.92 Å². The average molecular weight is 421 g/mol. The first-order valence-corrected chi connectivity index (χ1v) is 10.5. The summed E-state index contributed by atoms with van der Waals surface area (Å²) in [6, 6.07) is 16.2. The normalized spacial score (nSPS) is 13.9. The van der Waals surface area contributed by atoms with Crippen LogP contribution in [0.4, 0.5) is 10.6 Å². The molecule has 0 aliphatic carbocycles. The van der Waals surface area contributed by atoms with Crippen LogP contribution in [-0.2, 0) is 0 Å². The predicted molar refractivity (Wildman–Crippen MR) is 123 cm³/mol. The van der Waals surface area contributed by atoms with Gasteiger partial charge < -0.3 is 24.6 Å². The molecule has 162 valence electrons. The molecular weight excluding hydrogens is 392 g/mol. The van der Waals surface area contributed by atoms with Crippen LogP contribution < -0.4 is 19.7 Å². The van der Waals surface area contributed by atoms with Gasteiger partial charge in [-0.1, -0.05) is 18.2 Å². The fraction of sp³-hybridized carbons (Fsp3) is 0.333. The number of methoxy groups -OCH3 is 2. The summed E-state index contributed by atoms with van der Waals surface area (Å²) in [5.74, 6) is 2.41. The molecule has 7 nitrogen and oxygen atoms in total. The number of urea groups is 1. The Balaban J connectivity index is 1.65. The van der Waals surface area contributed by atoms with Gasteiger partial charge in [0.05, 0.1) is 19.7 Å². The Hall–Kier alpha value is -3.48. The summed E-state index contributed by atoms with van der Waals surface area (Å²) in [6.45, 7) is 5.44. The molecule has 2 amide bonds. The molecule has 31 heavy (non-hydrogen) atoms. The lowest BCUT2D eigenvalue weighted by molar-refractivity contribution is 0.195. The zero-order valence-electron chi connectivity index (χ0n) is 18.2. The van der Waals surface area contributed by atoms with E-state index < -0.39 is 0 Å². The molecule has 7 heteroatoms. The molecule has 2 aromatic carbocycles. The summed E-state index contributed by atoms with van der Waals surface area (Å²) in [6.07, 6.45) is 0. The zero-order chi connectivity index (χ0) is 21.8. The van der Waals surface area contributed by atoms with Crippen LogP contribution in [0.3, 0.4) is 0 Å². The number of carbonyl (C=O) groups is 1. The molecule has 3 aromatic rings. The topological polar surface area (TPSA) is 66.9 Å². The summed E-state index contributed by atoms with van der Waals surface area (Å²) in [5.41, 5.74) is 2.91. The van der Waals surface area contributed by atoms with E-state index in [-0.39, 0.29) is 6.03 Å². The van der Waals surface area contributed by atoms with Gasteiger partial charge in [0.25, 0.3) is 0 Å². The number of pyridine rings is 1. The number of carbonyl (C=O) groups excluding carboxylic acids is 1. The number of ether oxygens (including phenoxy) is 2. The number of benzene rings is 2. The first-order valence-electron chi connectivity index (χ1n) is 10.5. The molecule has 0 atom stereocenters. The molecule has 1 aromatic heterocycles. The fourth-order valence-electron chi connectivity index (χ4n) is 3.95. The van der Waals surface area contributed by atoms with Crippen LogP contribution in [0.15, 0.2) is 48.5 Å². The van der Waals surface area contributed by atoms with E-state index in [4.69, 9.17) is 14.5 Å². The Morgan fingerprint density at radius 3 is 2.52 bits per heavy atom. The number of fused-ring (bicyclic) bond motifs is 1. The lowest BCUT2D eigenvalue weighted by atomic mass is 10.0. The molecule has 1 saturated heterocycles. The maximum atomic E-state index is 12.1. The van der Waals surface area contributed by atoms with E-state index in [2.05, 4.69) is 34.5 Å². The van der Waals surface area contributed by atoms with E-state index in [1.165, 1.54) is 0 Å².